The number of H-pyrrole nitrogens is 1. The molecule has 10 heteroatoms. The average molecular weight is 372 g/mol. The first kappa shape index (κ1) is 17.5. The Morgan fingerprint density at radius 1 is 1.37 bits per heavy atom. The van der Waals surface area contributed by atoms with E-state index < -0.39 is 6.09 Å². The fourth-order valence-corrected chi connectivity index (χ4v) is 3.94. The van der Waals surface area contributed by atoms with Crippen LogP contribution in [0.5, 0.6) is 0 Å². The molecule has 10 nitrogen and oxygen atoms in total. The number of carboxylic acid groups (broad SMARTS) is 1. The highest BCUT2D eigenvalue weighted by Gasteiger charge is 2.50. The third-order valence-corrected chi connectivity index (χ3v) is 5.61. The Hall–Kier alpha value is -2.91. The summed E-state index contributed by atoms with van der Waals surface area (Å²) < 4.78 is 0. The Bertz CT molecular complexity index is 834. The van der Waals surface area contributed by atoms with E-state index in [0.29, 0.717) is 17.6 Å². The van der Waals surface area contributed by atoms with Crippen molar-refractivity contribution < 1.29 is 9.90 Å². The highest BCUT2D eigenvalue weighted by atomic mass is 16.4. The lowest BCUT2D eigenvalue weighted by atomic mass is 10.0. The van der Waals surface area contributed by atoms with Crippen LogP contribution in [0.3, 0.4) is 0 Å². The van der Waals surface area contributed by atoms with Gasteiger partial charge in [0.2, 0.25) is 5.95 Å². The average Bonchev–Trinajstić information content (AvgIpc) is 3.03. The molecule has 0 spiro atoms. The van der Waals surface area contributed by atoms with Crippen molar-refractivity contribution in [3.63, 3.8) is 0 Å². The van der Waals surface area contributed by atoms with Crippen molar-refractivity contribution in [1.29, 1.82) is 0 Å². The van der Waals surface area contributed by atoms with Crippen molar-refractivity contribution in [1.82, 2.24) is 30.3 Å². The first-order valence-corrected chi connectivity index (χ1v) is 9.20. The first-order valence-electron chi connectivity index (χ1n) is 9.20. The van der Waals surface area contributed by atoms with Crippen LogP contribution in [0, 0.1) is 0 Å². The van der Waals surface area contributed by atoms with Gasteiger partial charge in [0.25, 0.3) is 0 Å². The van der Waals surface area contributed by atoms with E-state index in [1.54, 1.807) is 11.9 Å². The molecule has 2 saturated carbocycles. The van der Waals surface area contributed by atoms with Gasteiger partial charge in [-0.05, 0) is 39.0 Å². The van der Waals surface area contributed by atoms with Gasteiger partial charge >= 0.3 is 6.09 Å². The maximum absolute atomic E-state index is 11.7. The zero-order valence-electron chi connectivity index (χ0n) is 15.4. The van der Waals surface area contributed by atoms with Crippen LogP contribution in [0.4, 0.5) is 22.4 Å². The van der Waals surface area contributed by atoms with Crippen molar-refractivity contribution >= 4 is 23.7 Å². The predicted octanol–water partition coefficient (Wildman–Crippen LogP) is 2.55. The largest absolute Gasteiger partial charge is 0.465 e. The van der Waals surface area contributed by atoms with Crippen LogP contribution in [0.1, 0.15) is 50.6 Å². The Morgan fingerprint density at radius 2 is 2.19 bits per heavy atom. The molecule has 2 heterocycles. The Labute approximate surface area is 156 Å². The first-order chi connectivity index (χ1) is 13.0. The van der Waals surface area contributed by atoms with Crippen molar-refractivity contribution in [3.05, 3.63) is 18.0 Å². The molecule has 2 fully saturated rings. The predicted molar refractivity (Wildman–Crippen MR) is 99.1 cm³/mol. The molecule has 27 heavy (non-hydrogen) atoms. The molecule has 144 valence electrons. The highest BCUT2D eigenvalue weighted by Crippen LogP contribution is 2.47. The van der Waals surface area contributed by atoms with Gasteiger partial charge in [-0.15, -0.1) is 5.10 Å². The third kappa shape index (κ3) is 3.51. The van der Waals surface area contributed by atoms with E-state index in [0.717, 1.165) is 37.8 Å². The number of aromatic nitrogens is 5. The summed E-state index contributed by atoms with van der Waals surface area (Å²) in [5.74, 6) is 1.91. The van der Waals surface area contributed by atoms with Gasteiger partial charge in [0.05, 0.1) is 6.20 Å². The minimum Gasteiger partial charge on any atom is -0.465 e. The van der Waals surface area contributed by atoms with Gasteiger partial charge in [0.1, 0.15) is 0 Å². The number of amides is 1. The standard InChI is InChI=1S/C17H24N8O2/c1-17(5-6-17)25(16(26)27)11-4-3-10(7-11)12-8-13(23-22-12)20-14-9-19-24-15(18-2)21-14/h8-11H,3-7H2,1-2H3,(H,26,27)(H3,18,20,21,22,23,24)/t10-,11+/m0/s1. The molecule has 0 bridgehead atoms. The second-order valence-electron chi connectivity index (χ2n) is 7.56. The van der Waals surface area contributed by atoms with Gasteiger partial charge in [-0.2, -0.15) is 15.2 Å². The lowest BCUT2D eigenvalue weighted by Gasteiger charge is -2.32. The van der Waals surface area contributed by atoms with Crippen LogP contribution in [0.2, 0.25) is 0 Å². The van der Waals surface area contributed by atoms with Gasteiger partial charge in [-0.3, -0.25) is 10.00 Å². The Morgan fingerprint density at radius 3 is 2.89 bits per heavy atom. The number of carbonyl (C=O) groups is 1. The Kier molecular flexibility index (Phi) is 4.33. The van der Waals surface area contributed by atoms with E-state index in [1.807, 2.05) is 13.0 Å². The van der Waals surface area contributed by atoms with Crippen LogP contribution in [-0.2, 0) is 0 Å². The second-order valence-corrected chi connectivity index (χ2v) is 7.56. The fraction of sp³-hybridized carbons (Fsp3) is 0.588. The molecule has 2 aromatic heterocycles. The van der Waals surface area contributed by atoms with Gasteiger partial charge < -0.3 is 15.7 Å². The molecule has 0 radical (unpaired) electrons. The summed E-state index contributed by atoms with van der Waals surface area (Å²) >= 11 is 0. The molecule has 0 unspecified atom stereocenters. The zero-order chi connectivity index (χ0) is 19.0. The number of hydrogen-bond donors (Lipinski definition) is 4. The number of anilines is 3. The van der Waals surface area contributed by atoms with E-state index >= 15 is 0 Å². The van der Waals surface area contributed by atoms with E-state index in [2.05, 4.69) is 36.0 Å². The maximum atomic E-state index is 11.7. The number of nitrogens with one attached hydrogen (secondary N) is 3. The Balaban J connectivity index is 1.42. The van der Waals surface area contributed by atoms with Crippen molar-refractivity contribution in [2.45, 2.75) is 56.5 Å². The maximum Gasteiger partial charge on any atom is 0.408 e. The minimum atomic E-state index is -0.802. The fourth-order valence-electron chi connectivity index (χ4n) is 3.94. The molecule has 1 amide bonds. The lowest BCUT2D eigenvalue weighted by Crippen LogP contribution is -2.45. The molecule has 2 aliphatic carbocycles. The van der Waals surface area contributed by atoms with E-state index in [-0.39, 0.29) is 17.5 Å². The van der Waals surface area contributed by atoms with E-state index in [4.69, 9.17) is 0 Å². The minimum absolute atomic E-state index is 0.0731. The van der Waals surface area contributed by atoms with Crippen LogP contribution in [0.15, 0.2) is 12.3 Å². The molecule has 2 aromatic rings. The summed E-state index contributed by atoms with van der Waals surface area (Å²) in [6, 6.07) is 2.03. The normalized spacial score (nSPS) is 23.0. The van der Waals surface area contributed by atoms with Crippen LogP contribution in [-0.4, -0.2) is 60.1 Å². The smallest absolute Gasteiger partial charge is 0.408 e. The molecule has 2 aliphatic rings. The topological polar surface area (TPSA) is 132 Å². The molecule has 0 aromatic carbocycles. The summed E-state index contributed by atoms with van der Waals surface area (Å²) in [5, 5.41) is 30.7. The van der Waals surface area contributed by atoms with Crippen molar-refractivity contribution in [2.24, 2.45) is 0 Å². The van der Waals surface area contributed by atoms with Gasteiger partial charge in [0.15, 0.2) is 11.6 Å². The summed E-state index contributed by atoms with van der Waals surface area (Å²) in [6.45, 7) is 2.04. The summed E-state index contributed by atoms with van der Waals surface area (Å²) in [7, 11) is 1.73. The van der Waals surface area contributed by atoms with Crippen LogP contribution in [0.25, 0.3) is 0 Å². The number of aromatic amines is 1. The summed E-state index contributed by atoms with van der Waals surface area (Å²) in [4.78, 5) is 17.7. The van der Waals surface area contributed by atoms with Crippen molar-refractivity contribution in [3.8, 4) is 0 Å². The van der Waals surface area contributed by atoms with Crippen LogP contribution < -0.4 is 10.6 Å². The molecule has 4 N–H and O–H groups in total. The molecular formula is C17H24N8O2. The van der Waals surface area contributed by atoms with Gasteiger partial charge in [-0.1, -0.05) is 0 Å². The van der Waals surface area contributed by atoms with Crippen molar-refractivity contribution in [2.75, 3.05) is 17.7 Å². The number of nitrogens with zero attached hydrogens (tertiary/aromatic N) is 5. The van der Waals surface area contributed by atoms with E-state index in [9.17, 15) is 9.90 Å². The highest BCUT2D eigenvalue weighted by molar-refractivity contribution is 5.67. The van der Waals surface area contributed by atoms with Crippen LogP contribution >= 0.6 is 0 Å². The molecule has 2 atom stereocenters. The van der Waals surface area contributed by atoms with Gasteiger partial charge in [0, 0.05) is 36.3 Å². The second kappa shape index (κ2) is 6.67. The third-order valence-electron chi connectivity index (χ3n) is 5.61. The van der Waals surface area contributed by atoms with Gasteiger partial charge in [-0.25, -0.2) is 4.79 Å². The zero-order valence-corrected chi connectivity index (χ0v) is 15.4. The SMILES string of the molecule is CNc1nncc(Nc2cc([C@H]3CC[C@@H](N(C(=O)O)C4(C)CC4)C3)[nH]n2)n1. The molecule has 0 saturated heterocycles. The molecule has 0 aliphatic heterocycles. The van der Waals surface area contributed by atoms with E-state index in [1.165, 1.54) is 6.20 Å². The number of rotatable bonds is 6. The summed E-state index contributed by atoms with van der Waals surface area (Å²) in [6.07, 6.45) is 5.30. The lowest BCUT2D eigenvalue weighted by molar-refractivity contribution is 0.0955. The quantitative estimate of drug-likeness (QED) is 0.608. The monoisotopic (exact) mass is 372 g/mol. The molecular weight excluding hydrogens is 348 g/mol. The molecule has 4 rings (SSSR count). The summed E-state index contributed by atoms with van der Waals surface area (Å²) in [5.41, 5.74) is 0.846. The number of hydrogen-bond acceptors (Lipinski definition) is 7.